The van der Waals surface area contributed by atoms with Gasteiger partial charge in [0.2, 0.25) is 0 Å². The maximum absolute atomic E-state index is 11.6. The lowest BCUT2D eigenvalue weighted by atomic mass is 10.3. The summed E-state index contributed by atoms with van der Waals surface area (Å²) < 4.78 is 4.89. The van der Waals surface area contributed by atoms with E-state index in [1.54, 1.807) is 24.0 Å². The highest BCUT2D eigenvalue weighted by atomic mass is 32.1. The molecule has 0 aliphatic heterocycles. The Morgan fingerprint density at radius 3 is 3.12 bits per heavy atom. The molecule has 0 saturated carbocycles. The molecule has 0 fully saturated rings. The number of thiazole rings is 1. The van der Waals surface area contributed by atoms with Gasteiger partial charge in [-0.25, -0.2) is 4.98 Å². The lowest BCUT2D eigenvalue weighted by Gasteiger charge is -1.99. The minimum absolute atomic E-state index is 0.197. The molecule has 16 heavy (non-hydrogen) atoms. The van der Waals surface area contributed by atoms with Crippen molar-refractivity contribution in [2.75, 3.05) is 0 Å². The van der Waals surface area contributed by atoms with Gasteiger partial charge in [0.25, 0.3) is 5.91 Å². The fraction of sp³-hybridized carbons (Fsp3) is 0.200. The van der Waals surface area contributed by atoms with Gasteiger partial charge in [-0.2, -0.15) is 0 Å². The predicted octanol–water partition coefficient (Wildman–Crippen LogP) is 1.12. The van der Waals surface area contributed by atoms with Crippen LogP contribution in [0.25, 0.3) is 0 Å². The summed E-state index contributed by atoms with van der Waals surface area (Å²) in [5.41, 5.74) is 6.75. The van der Waals surface area contributed by atoms with Crippen LogP contribution in [0.4, 0.5) is 0 Å². The van der Waals surface area contributed by atoms with Crippen LogP contribution in [0.15, 0.2) is 28.4 Å². The molecule has 2 heterocycles. The molecule has 0 saturated heterocycles. The molecule has 2 aromatic heterocycles. The Kier molecular flexibility index (Phi) is 3.33. The first-order chi connectivity index (χ1) is 7.79. The molecule has 0 spiro atoms. The number of rotatable bonds is 4. The van der Waals surface area contributed by atoms with Gasteiger partial charge in [-0.1, -0.05) is 0 Å². The lowest BCUT2D eigenvalue weighted by molar-refractivity contribution is 0.0946. The summed E-state index contributed by atoms with van der Waals surface area (Å²) in [6.07, 6.45) is 3.16. The van der Waals surface area contributed by atoms with Gasteiger partial charge in [-0.3, -0.25) is 4.79 Å². The normalized spacial score (nSPS) is 10.3. The number of carbonyl (C=O) groups is 1. The van der Waals surface area contributed by atoms with Crippen LogP contribution in [0, 0.1) is 0 Å². The van der Waals surface area contributed by atoms with Crippen molar-refractivity contribution in [3.63, 3.8) is 0 Å². The maximum Gasteiger partial charge on any atom is 0.271 e. The van der Waals surface area contributed by atoms with Crippen molar-refractivity contribution in [3.8, 4) is 0 Å². The third-order valence-electron chi connectivity index (χ3n) is 1.99. The van der Waals surface area contributed by atoms with E-state index in [-0.39, 0.29) is 5.91 Å². The second kappa shape index (κ2) is 4.91. The number of hydrogen-bond donors (Lipinski definition) is 2. The van der Waals surface area contributed by atoms with E-state index in [0.717, 1.165) is 10.6 Å². The summed E-state index contributed by atoms with van der Waals surface area (Å²) in [5, 5.41) is 5.20. The second-order valence-electron chi connectivity index (χ2n) is 3.14. The standard InChI is InChI=1S/C10H11N3O2S/c11-3-9-13-8(6-16-9)10(14)12-4-7-1-2-15-5-7/h1-2,5-6H,3-4,11H2,(H,12,14). The quantitative estimate of drug-likeness (QED) is 0.835. The molecule has 84 valence electrons. The first-order valence-corrected chi connectivity index (χ1v) is 5.61. The Balaban J connectivity index is 1.93. The van der Waals surface area contributed by atoms with Crippen molar-refractivity contribution in [2.45, 2.75) is 13.1 Å². The van der Waals surface area contributed by atoms with Crippen molar-refractivity contribution in [3.05, 3.63) is 40.2 Å². The third-order valence-corrected chi connectivity index (χ3v) is 2.86. The van der Waals surface area contributed by atoms with Crippen LogP contribution in [0.3, 0.4) is 0 Å². The SMILES string of the molecule is NCc1nc(C(=O)NCc2ccoc2)cs1. The van der Waals surface area contributed by atoms with Crippen LogP contribution >= 0.6 is 11.3 Å². The van der Waals surface area contributed by atoms with Crippen molar-refractivity contribution in [1.82, 2.24) is 10.3 Å². The molecule has 0 aliphatic carbocycles. The topological polar surface area (TPSA) is 81.1 Å². The van der Waals surface area contributed by atoms with E-state index in [1.165, 1.54) is 11.3 Å². The van der Waals surface area contributed by atoms with Crippen LogP contribution in [-0.2, 0) is 13.1 Å². The monoisotopic (exact) mass is 237 g/mol. The predicted molar refractivity (Wildman–Crippen MR) is 59.9 cm³/mol. The molecule has 6 heteroatoms. The molecular weight excluding hydrogens is 226 g/mol. The molecule has 5 nitrogen and oxygen atoms in total. The minimum Gasteiger partial charge on any atom is -0.472 e. The molecule has 0 aliphatic rings. The van der Waals surface area contributed by atoms with Gasteiger partial charge in [-0.05, 0) is 6.07 Å². The Morgan fingerprint density at radius 1 is 1.62 bits per heavy atom. The lowest BCUT2D eigenvalue weighted by Crippen LogP contribution is -2.22. The molecule has 0 aromatic carbocycles. The van der Waals surface area contributed by atoms with Gasteiger partial charge < -0.3 is 15.5 Å². The van der Waals surface area contributed by atoms with E-state index >= 15 is 0 Å². The number of carbonyl (C=O) groups excluding carboxylic acids is 1. The van der Waals surface area contributed by atoms with Crippen LogP contribution in [0.2, 0.25) is 0 Å². The van der Waals surface area contributed by atoms with E-state index in [4.69, 9.17) is 10.2 Å². The number of nitrogens with one attached hydrogen (secondary N) is 1. The molecule has 3 N–H and O–H groups in total. The molecule has 2 aromatic rings. The van der Waals surface area contributed by atoms with Crippen molar-refractivity contribution < 1.29 is 9.21 Å². The Bertz CT molecular complexity index is 464. The van der Waals surface area contributed by atoms with E-state index in [2.05, 4.69) is 10.3 Å². The van der Waals surface area contributed by atoms with Crippen LogP contribution in [0.1, 0.15) is 21.1 Å². The average Bonchev–Trinajstić information content (AvgIpc) is 2.96. The van der Waals surface area contributed by atoms with Crippen molar-refractivity contribution >= 4 is 17.2 Å². The summed E-state index contributed by atoms with van der Waals surface area (Å²) >= 11 is 1.39. The Morgan fingerprint density at radius 2 is 2.50 bits per heavy atom. The second-order valence-corrected chi connectivity index (χ2v) is 4.09. The number of hydrogen-bond acceptors (Lipinski definition) is 5. The maximum atomic E-state index is 11.6. The Hall–Kier alpha value is -1.66. The highest BCUT2D eigenvalue weighted by Crippen LogP contribution is 2.09. The van der Waals surface area contributed by atoms with Crippen molar-refractivity contribution in [1.29, 1.82) is 0 Å². The molecule has 0 bridgehead atoms. The van der Waals surface area contributed by atoms with E-state index in [1.807, 2.05) is 0 Å². The number of nitrogens with zero attached hydrogens (tertiary/aromatic N) is 1. The number of nitrogens with two attached hydrogens (primary N) is 1. The van der Waals surface area contributed by atoms with Gasteiger partial charge in [0.15, 0.2) is 0 Å². The molecule has 2 rings (SSSR count). The smallest absolute Gasteiger partial charge is 0.271 e. The number of furan rings is 1. The Labute approximate surface area is 96.3 Å². The molecule has 1 amide bonds. The highest BCUT2D eigenvalue weighted by Gasteiger charge is 2.09. The zero-order valence-electron chi connectivity index (χ0n) is 8.47. The zero-order chi connectivity index (χ0) is 11.4. The molecule has 0 radical (unpaired) electrons. The number of amides is 1. The first-order valence-electron chi connectivity index (χ1n) is 4.73. The van der Waals surface area contributed by atoms with Crippen LogP contribution in [-0.4, -0.2) is 10.9 Å². The summed E-state index contributed by atoms with van der Waals surface area (Å²) in [5.74, 6) is -0.197. The number of aromatic nitrogens is 1. The van der Waals surface area contributed by atoms with Gasteiger partial charge in [0, 0.05) is 24.0 Å². The summed E-state index contributed by atoms with van der Waals surface area (Å²) in [4.78, 5) is 15.7. The highest BCUT2D eigenvalue weighted by molar-refractivity contribution is 7.09. The van der Waals surface area contributed by atoms with Crippen LogP contribution in [0.5, 0.6) is 0 Å². The third kappa shape index (κ3) is 2.47. The zero-order valence-corrected chi connectivity index (χ0v) is 9.29. The van der Waals surface area contributed by atoms with Gasteiger partial charge in [0.05, 0.1) is 12.5 Å². The molecule has 0 atom stereocenters. The fourth-order valence-electron chi connectivity index (χ4n) is 1.18. The summed E-state index contributed by atoms with van der Waals surface area (Å²) in [6, 6.07) is 1.80. The largest absolute Gasteiger partial charge is 0.472 e. The molecular formula is C10H11N3O2S. The minimum atomic E-state index is -0.197. The van der Waals surface area contributed by atoms with E-state index < -0.39 is 0 Å². The average molecular weight is 237 g/mol. The van der Waals surface area contributed by atoms with Gasteiger partial charge in [-0.15, -0.1) is 11.3 Å². The van der Waals surface area contributed by atoms with Crippen molar-refractivity contribution in [2.24, 2.45) is 5.73 Å². The summed E-state index contributed by atoms with van der Waals surface area (Å²) in [7, 11) is 0. The fourth-order valence-corrected chi connectivity index (χ4v) is 1.83. The van der Waals surface area contributed by atoms with E-state index in [0.29, 0.717) is 18.8 Å². The van der Waals surface area contributed by atoms with Gasteiger partial charge >= 0.3 is 0 Å². The van der Waals surface area contributed by atoms with Gasteiger partial charge in [0.1, 0.15) is 10.7 Å². The molecule has 0 unspecified atom stereocenters. The first kappa shape index (κ1) is 10.8. The van der Waals surface area contributed by atoms with E-state index in [9.17, 15) is 4.79 Å². The van der Waals surface area contributed by atoms with Crippen LogP contribution < -0.4 is 11.1 Å². The summed E-state index contributed by atoms with van der Waals surface area (Å²) in [6.45, 7) is 0.796.